The molecule has 2 aliphatic rings. The van der Waals surface area contributed by atoms with Gasteiger partial charge in [0, 0.05) is 30.8 Å². The molecule has 2 fully saturated rings. The highest BCUT2D eigenvalue weighted by molar-refractivity contribution is 7.89. The second kappa shape index (κ2) is 6.46. The van der Waals surface area contributed by atoms with Gasteiger partial charge in [0.05, 0.1) is 11.5 Å². The molecule has 1 aromatic carbocycles. The number of hydrogen-bond donors (Lipinski definition) is 2. The maximum Gasteiger partial charge on any atom is 0.322 e. The SMILES string of the molecule is NS(=O)(=O)c1ccc(NC(=O)N(C[C@@H]2CCOC2)C2CC2)cc1. The number of rotatable bonds is 5. The number of sulfonamides is 1. The molecule has 126 valence electrons. The van der Waals surface area contributed by atoms with Crippen LogP contribution in [0, 0.1) is 5.92 Å². The van der Waals surface area contributed by atoms with Crippen LogP contribution in [0.2, 0.25) is 0 Å². The maximum atomic E-state index is 12.5. The molecule has 7 nitrogen and oxygen atoms in total. The van der Waals surface area contributed by atoms with Gasteiger partial charge in [0.15, 0.2) is 0 Å². The van der Waals surface area contributed by atoms with Crippen molar-refractivity contribution < 1.29 is 17.9 Å². The van der Waals surface area contributed by atoms with Crippen LogP contribution in [0.15, 0.2) is 29.2 Å². The fourth-order valence-electron chi connectivity index (χ4n) is 2.71. The quantitative estimate of drug-likeness (QED) is 0.846. The van der Waals surface area contributed by atoms with E-state index < -0.39 is 10.0 Å². The van der Waals surface area contributed by atoms with Crippen molar-refractivity contribution in [1.29, 1.82) is 0 Å². The number of nitrogens with two attached hydrogens (primary N) is 1. The van der Waals surface area contributed by atoms with E-state index in [0.29, 0.717) is 30.8 Å². The van der Waals surface area contributed by atoms with Gasteiger partial charge in [-0.15, -0.1) is 0 Å². The molecule has 1 aliphatic carbocycles. The normalized spacial score (nSPS) is 21.2. The van der Waals surface area contributed by atoms with Gasteiger partial charge in [-0.1, -0.05) is 0 Å². The van der Waals surface area contributed by atoms with E-state index in [9.17, 15) is 13.2 Å². The van der Waals surface area contributed by atoms with Crippen molar-refractivity contribution in [2.45, 2.75) is 30.2 Å². The average Bonchev–Trinajstić information content (AvgIpc) is 3.20. The highest BCUT2D eigenvalue weighted by Crippen LogP contribution is 2.29. The fraction of sp³-hybridized carbons (Fsp3) is 0.533. The van der Waals surface area contributed by atoms with Crippen LogP contribution in [-0.2, 0) is 14.8 Å². The third kappa shape index (κ3) is 4.21. The standard InChI is InChI=1S/C15H21N3O4S/c16-23(20,21)14-5-1-12(2-6-14)17-15(19)18(13-3-4-13)9-11-7-8-22-10-11/h1-2,5-6,11,13H,3-4,7-10H2,(H,17,19)(H2,16,20,21)/t11-/m0/s1. The lowest BCUT2D eigenvalue weighted by Gasteiger charge is -2.25. The smallest absolute Gasteiger partial charge is 0.322 e. The fourth-order valence-corrected chi connectivity index (χ4v) is 3.23. The van der Waals surface area contributed by atoms with Gasteiger partial charge in [-0.2, -0.15) is 0 Å². The predicted octanol–water partition coefficient (Wildman–Crippen LogP) is 1.37. The summed E-state index contributed by atoms with van der Waals surface area (Å²) in [6.07, 6.45) is 3.05. The summed E-state index contributed by atoms with van der Waals surface area (Å²) in [7, 11) is -3.72. The van der Waals surface area contributed by atoms with Crippen molar-refractivity contribution in [2.24, 2.45) is 11.1 Å². The van der Waals surface area contributed by atoms with Gasteiger partial charge < -0.3 is 15.0 Å². The third-order valence-corrected chi connectivity index (χ3v) is 5.09. The number of urea groups is 1. The van der Waals surface area contributed by atoms with E-state index in [0.717, 1.165) is 25.9 Å². The van der Waals surface area contributed by atoms with Crippen LogP contribution in [0.3, 0.4) is 0 Å². The minimum atomic E-state index is -3.72. The summed E-state index contributed by atoms with van der Waals surface area (Å²) in [6.45, 7) is 2.17. The van der Waals surface area contributed by atoms with Gasteiger partial charge in [0.1, 0.15) is 0 Å². The molecule has 1 aromatic rings. The van der Waals surface area contributed by atoms with Crippen LogP contribution < -0.4 is 10.5 Å². The first-order valence-electron chi connectivity index (χ1n) is 7.72. The number of anilines is 1. The lowest BCUT2D eigenvalue weighted by molar-refractivity contribution is 0.167. The number of hydrogen-bond acceptors (Lipinski definition) is 4. The zero-order chi connectivity index (χ0) is 16.4. The van der Waals surface area contributed by atoms with Crippen molar-refractivity contribution in [3.8, 4) is 0 Å². The molecule has 2 amide bonds. The Morgan fingerprint density at radius 2 is 1.96 bits per heavy atom. The van der Waals surface area contributed by atoms with E-state index in [1.165, 1.54) is 12.1 Å². The van der Waals surface area contributed by atoms with Crippen molar-refractivity contribution >= 4 is 21.7 Å². The van der Waals surface area contributed by atoms with Crippen molar-refractivity contribution in [3.63, 3.8) is 0 Å². The van der Waals surface area contributed by atoms with E-state index in [1.54, 1.807) is 12.1 Å². The van der Waals surface area contributed by atoms with Gasteiger partial charge in [0.2, 0.25) is 10.0 Å². The van der Waals surface area contributed by atoms with Gasteiger partial charge in [0.25, 0.3) is 0 Å². The van der Waals surface area contributed by atoms with Gasteiger partial charge in [-0.25, -0.2) is 18.4 Å². The Kier molecular flexibility index (Phi) is 4.56. The Labute approximate surface area is 135 Å². The highest BCUT2D eigenvalue weighted by Gasteiger charge is 2.34. The highest BCUT2D eigenvalue weighted by atomic mass is 32.2. The van der Waals surface area contributed by atoms with Gasteiger partial charge in [-0.05, 0) is 43.5 Å². The first kappa shape index (κ1) is 16.2. The second-order valence-corrected chi connectivity index (χ2v) is 7.67. The molecule has 0 radical (unpaired) electrons. The molecule has 3 N–H and O–H groups in total. The summed E-state index contributed by atoms with van der Waals surface area (Å²) in [4.78, 5) is 14.4. The number of carbonyl (C=O) groups excluding carboxylic acids is 1. The zero-order valence-electron chi connectivity index (χ0n) is 12.8. The molecule has 1 aliphatic heterocycles. The molecule has 3 rings (SSSR count). The minimum absolute atomic E-state index is 0.0256. The molecule has 23 heavy (non-hydrogen) atoms. The Hall–Kier alpha value is -1.64. The summed E-state index contributed by atoms with van der Waals surface area (Å²) in [5.41, 5.74) is 0.552. The molecule has 1 heterocycles. The summed E-state index contributed by atoms with van der Waals surface area (Å²) in [6, 6.07) is 6.01. The molecule has 0 spiro atoms. The third-order valence-electron chi connectivity index (χ3n) is 4.16. The molecule has 1 atom stereocenters. The van der Waals surface area contributed by atoms with E-state index in [2.05, 4.69) is 5.32 Å². The largest absolute Gasteiger partial charge is 0.381 e. The number of carbonyl (C=O) groups is 1. The second-order valence-electron chi connectivity index (χ2n) is 6.11. The zero-order valence-corrected chi connectivity index (χ0v) is 13.6. The first-order chi connectivity index (χ1) is 10.9. The van der Waals surface area contributed by atoms with Crippen molar-refractivity contribution in [2.75, 3.05) is 25.1 Å². The van der Waals surface area contributed by atoms with Gasteiger partial charge in [-0.3, -0.25) is 0 Å². The number of benzene rings is 1. The Balaban J connectivity index is 1.64. The molecule has 1 saturated heterocycles. The van der Waals surface area contributed by atoms with Gasteiger partial charge >= 0.3 is 6.03 Å². The van der Waals surface area contributed by atoms with Crippen LogP contribution >= 0.6 is 0 Å². The van der Waals surface area contributed by atoms with E-state index in [-0.39, 0.29) is 10.9 Å². The predicted molar refractivity (Wildman–Crippen MR) is 85.5 cm³/mol. The Morgan fingerprint density at radius 3 is 2.48 bits per heavy atom. The van der Waals surface area contributed by atoms with Crippen LogP contribution in [-0.4, -0.2) is 45.1 Å². The summed E-state index contributed by atoms with van der Waals surface area (Å²) in [5, 5.41) is 7.89. The summed E-state index contributed by atoms with van der Waals surface area (Å²) >= 11 is 0. The lowest BCUT2D eigenvalue weighted by atomic mass is 10.1. The monoisotopic (exact) mass is 339 g/mol. The molecule has 1 saturated carbocycles. The number of amides is 2. The number of ether oxygens (including phenoxy) is 1. The average molecular weight is 339 g/mol. The molecule has 0 bridgehead atoms. The molecule has 8 heteroatoms. The van der Waals surface area contributed by atoms with Crippen molar-refractivity contribution in [1.82, 2.24) is 4.90 Å². The van der Waals surface area contributed by atoms with E-state index in [4.69, 9.17) is 9.88 Å². The number of nitrogens with zero attached hydrogens (tertiary/aromatic N) is 1. The van der Waals surface area contributed by atoms with Crippen LogP contribution in [0.4, 0.5) is 10.5 Å². The Morgan fingerprint density at radius 1 is 1.26 bits per heavy atom. The van der Waals surface area contributed by atoms with Crippen molar-refractivity contribution in [3.05, 3.63) is 24.3 Å². The molecule has 0 aromatic heterocycles. The Bertz CT molecular complexity index is 664. The molecular weight excluding hydrogens is 318 g/mol. The van der Waals surface area contributed by atoms with Crippen LogP contribution in [0.5, 0.6) is 0 Å². The molecular formula is C15H21N3O4S. The van der Waals surface area contributed by atoms with Crippen LogP contribution in [0.1, 0.15) is 19.3 Å². The number of primary sulfonamides is 1. The van der Waals surface area contributed by atoms with Crippen LogP contribution in [0.25, 0.3) is 0 Å². The summed E-state index contributed by atoms with van der Waals surface area (Å²) < 4.78 is 27.8. The molecule has 0 unspecified atom stereocenters. The maximum absolute atomic E-state index is 12.5. The minimum Gasteiger partial charge on any atom is -0.381 e. The summed E-state index contributed by atoms with van der Waals surface area (Å²) in [5.74, 6) is 0.395. The lowest BCUT2D eigenvalue weighted by Crippen LogP contribution is -2.40. The topological polar surface area (TPSA) is 102 Å². The first-order valence-corrected chi connectivity index (χ1v) is 9.26. The number of nitrogens with one attached hydrogen (secondary N) is 1. The van der Waals surface area contributed by atoms with E-state index >= 15 is 0 Å². The van der Waals surface area contributed by atoms with E-state index in [1.807, 2.05) is 4.90 Å².